The van der Waals surface area contributed by atoms with E-state index in [1.807, 2.05) is 6.07 Å². The van der Waals surface area contributed by atoms with E-state index < -0.39 is 0 Å². The summed E-state index contributed by atoms with van der Waals surface area (Å²) in [6.45, 7) is 3.05. The Morgan fingerprint density at radius 2 is 1.27 bits per heavy atom. The molecule has 40 heavy (non-hydrogen) atoms. The van der Waals surface area contributed by atoms with E-state index in [2.05, 4.69) is 125 Å². The van der Waals surface area contributed by atoms with Crippen LogP contribution in [0.4, 0.5) is 0 Å². The fraction of sp³-hybridized carbons (Fsp3) is 0.0588. The van der Waals surface area contributed by atoms with Crippen LogP contribution in [0.5, 0.6) is 0 Å². The molecule has 0 unspecified atom stereocenters. The van der Waals surface area contributed by atoms with Gasteiger partial charge in [0.15, 0.2) is 0 Å². The van der Waals surface area contributed by atoms with Crippen molar-refractivity contribution in [2.45, 2.75) is 13.5 Å². The zero-order valence-electron chi connectivity index (χ0n) is 21.7. The van der Waals surface area contributed by atoms with Gasteiger partial charge in [-0.15, -0.1) is 0 Å². The molecule has 0 N–H and O–H groups in total. The number of hydrogen-bond acceptors (Lipinski definition) is 2. The maximum absolute atomic E-state index is 5.28. The van der Waals surface area contributed by atoms with Gasteiger partial charge < -0.3 is 17.0 Å². The van der Waals surface area contributed by atoms with Crippen molar-refractivity contribution in [1.29, 1.82) is 0 Å². The van der Waals surface area contributed by atoms with Crippen molar-refractivity contribution in [3.8, 4) is 17.1 Å². The fourth-order valence-electron chi connectivity index (χ4n) is 5.95. The minimum Gasteiger partial charge on any atom is -1.00 e. The molecule has 4 aromatic carbocycles. The molecule has 4 aromatic heterocycles. The third kappa shape index (κ3) is 3.86. The van der Waals surface area contributed by atoms with Crippen molar-refractivity contribution in [2.24, 2.45) is 0 Å². The number of fused-ring (bicyclic) bond motifs is 7. The summed E-state index contributed by atoms with van der Waals surface area (Å²) in [5, 5.41) is 6.01. The van der Waals surface area contributed by atoms with E-state index in [4.69, 9.17) is 9.97 Å². The van der Waals surface area contributed by atoms with E-state index >= 15 is 0 Å². The molecular weight excluding hydrogens is 695 g/mol. The summed E-state index contributed by atoms with van der Waals surface area (Å²) in [6.07, 6.45) is 0. The summed E-state index contributed by atoms with van der Waals surface area (Å²) in [6, 6.07) is 40.7. The van der Waals surface area contributed by atoms with Crippen LogP contribution in [0.1, 0.15) is 6.92 Å². The van der Waals surface area contributed by atoms with Gasteiger partial charge in [-0.3, -0.25) is 4.57 Å². The maximum Gasteiger partial charge on any atom is 2.00 e. The summed E-state index contributed by atoms with van der Waals surface area (Å²) < 4.78 is 4.61. The summed E-state index contributed by atoms with van der Waals surface area (Å²) in [5.74, 6) is 0.921. The fourth-order valence-corrected chi connectivity index (χ4v) is 5.95. The van der Waals surface area contributed by atoms with Gasteiger partial charge in [-0.05, 0) is 49.4 Å². The predicted molar refractivity (Wildman–Crippen MR) is 158 cm³/mol. The molecule has 0 saturated heterocycles. The van der Waals surface area contributed by atoms with Gasteiger partial charge in [-0.25, -0.2) is 9.97 Å². The molecule has 0 fully saturated rings. The molecule has 6 heteroatoms. The zero-order valence-corrected chi connectivity index (χ0v) is 24.7. The molecule has 0 aliphatic carbocycles. The first-order valence-electron chi connectivity index (χ1n) is 13.1. The van der Waals surface area contributed by atoms with Crippen LogP contribution in [-0.2, 0) is 27.6 Å². The van der Waals surface area contributed by atoms with E-state index in [0.29, 0.717) is 0 Å². The number of pyridine rings is 2. The van der Waals surface area contributed by atoms with Crippen molar-refractivity contribution in [3.05, 3.63) is 115 Å². The van der Waals surface area contributed by atoms with Crippen LogP contribution in [0.2, 0.25) is 0 Å². The molecule has 8 aromatic rings. The van der Waals surface area contributed by atoms with Crippen molar-refractivity contribution < 1.29 is 33.5 Å². The second kappa shape index (κ2) is 10.2. The van der Waals surface area contributed by atoms with Crippen molar-refractivity contribution in [3.63, 3.8) is 0 Å². The van der Waals surface area contributed by atoms with Crippen LogP contribution in [-0.4, -0.2) is 19.1 Å². The SMILES string of the molecule is CCn1c2ccccc2c2ccc(-n3c4ccccc4c4ccc(-c5ccc6ccccc6n5)cc43)nc21.[Cl-].[Pt+2]. The average Bonchev–Trinajstić information content (AvgIpc) is 3.48. The first kappa shape index (κ1) is 26.3. The van der Waals surface area contributed by atoms with Crippen LogP contribution >= 0.6 is 0 Å². The Hall–Kier alpha value is -3.98. The van der Waals surface area contributed by atoms with E-state index in [1.165, 1.54) is 27.1 Å². The molecule has 0 amide bonds. The van der Waals surface area contributed by atoms with Gasteiger partial charge in [0.2, 0.25) is 0 Å². The van der Waals surface area contributed by atoms with E-state index in [9.17, 15) is 0 Å². The standard InChI is InChI=1S/C34H24N4.ClH.Pt/c1-2-37-30-13-7-4-11-25(30)27-18-20-33(36-34(27)37)38-31-14-8-5-10-24(31)26-17-15-23(21-32(26)38)29-19-16-22-9-3-6-12-28(22)35-29;;/h3-21H,2H2,1H3;1H;/q;;+2/p-1. The number of benzene rings is 4. The van der Waals surface area contributed by atoms with Crippen LogP contribution < -0.4 is 12.4 Å². The average molecular weight is 719 g/mol. The monoisotopic (exact) mass is 718 g/mol. The molecule has 0 aliphatic heterocycles. The molecule has 4 heterocycles. The minimum atomic E-state index is 0. The van der Waals surface area contributed by atoms with Gasteiger partial charge in [0.05, 0.1) is 27.8 Å². The molecule has 0 radical (unpaired) electrons. The molecule has 0 saturated carbocycles. The van der Waals surface area contributed by atoms with Crippen molar-refractivity contribution in [2.75, 3.05) is 0 Å². The van der Waals surface area contributed by atoms with Crippen LogP contribution in [0, 0.1) is 0 Å². The number of para-hydroxylation sites is 3. The van der Waals surface area contributed by atoms with Crippen LogP contribution in [0.3, 0.4) is 0 Å². The minimum absolute atomic E-state index is 0. The van der Waals surface area contributed by atoms with E-state index in [1.54, 1.807) is 0 Å². The number of rotatable bonds is 3. The number of aryl methyl sites for hydroxylation is 1. The molecule has 0 atom stereocenters. The molecule has 8 rings (SSSR count). The largest absolute Gasteiger partial charge is 2.00 e. The van der Waals surface area contributed by atoms with E-state index in [0.717, 1.165) is 51.2 Å². The Bertz CT molecular complexity index is 2190. The number of nitrogens with zero attached hydrogens (tertiary/aromatic N) is 4. The summed E-state index contributed by atoms with van der Waals surface area (Å²) >= 11 is 0. The van der Waals surface area contributed by atoms with Crippen LogP contribution in [0.25, 0.3) is 71.7 Å². The Morgan fingerprint density at radius 3 is 2.10 bits per heavy atom. The Kier molecular flexibility index (Phi) is 6.70. The molecule has 196 valence electrons. The second-order valence-corrected chi connectivity index (χ2v) is 9.78. The number of hydrogen-bond donors (Lipinski definition) is 0. The van der Waals surface area contributed by atoms with Gasteiger partial charge in [-0.2, -0.15) is 0 Å². The van der Waals surface area contributed by atoms with E-state index in [-0.39, 0.29) is 33.5 Å². The number of halogens is 1. The molecular formula is C34H24ClN4Pt+. The summed E-state index contributed by atoms with van der Waals surface area (Å²) in [7, 11) is 0. The molecule has 0 aliphatic rings. The normalized spacial score (nSPS) is 11.3. The van der Waals surface area contributed by atoms with Gasteiger partial charge >= 0.3 is 21.1 Å². The van der Waals surface area contributed by atoms with Gasteiger partial charge in [0, 0.05) is 39.0 Å². The Balaban J connectivity index is 0.00000145. The predicted octanol–water partition coefficient (Wildman–Crippen LogP) is 5.52. The molecule has 0 bridgehead atoms. The third-order valence-electron chi connectivity index (χ3n) is 7.71. The Labute approximate surface area is 252 Å². The Morgan fingerprint density at radius 1 is 0.600 bits per heavy atom. The number of aromatic nitrogens is 4. The van der Waals surface area contributed by atoms with Crippen molar-refractivity contribution >= 4 is 54.6 Å². The second-order valence-electron chi connectivity index (χ2n) is 9.78. The maximum atomic E-state index is 5.28. The summed E-state index contributed by atoms with van der Waals surface area (Å²) in [4.78, 5) is 10.2. The summed E-state index contributed by atoms with van der Waals surface area (Å²) in [5.41, 5.74) is 7.59. The first-order chi connectivity index (χ1) is 18.8. The smallest absolute Gasteiger partial charge is 1.00 e. The first-order valence-corrected chi connectivity index (χ1v) is 13.1. The zero-order chi connectivity index (χ0) is 25.2. The van der Waals surface area contributed by atoms with Crippen molar-refractivity contribution in [1.82, 2.24) is 19.1 Å². The topological polar surface area (TPSA) is 35.6 Å². The molecule has 4 nitrogen and oxygen atoms in total. The molecule has 0 spiro atoms. The van der Waals surface area contributed by atoms with Crippen LogP contribution in [0.15, 0.2) is 115 Å². The quantitative estimate of drug-likeness (QED) is 0.241. The van der Waals surface area contributed by atoms with Gasteiger partial charge in [0.1, 0.15) is 11.5 Å². The van der Waals surface area contributed by atoms with Gasteiger partial charge in [-0.1, -0.05) is 72.8 Å². The third-order valence-corrected chi connectivity index (χ3v) is 7.71. The van der Waals surface area contributed by atoms with Gasteiger partial charge in [0.25, 0.3) is 0 Å².